The third-order valence-corrected chi connectivity index (χ3v) is 3.06. The number of hydrogen-bond donors (Lipinski definition) is 0. The highest BCUT2D eigenvalue weighted by molar-refractivity contribution is 6.00. The van der Waals surface area contributed by atoms with E-state index >= 15 is 0 Å². The van der Waals surface area contributed by atoms with Gasteiger partial charge in [-0.1, -0.05) is 18.2 Å². The second kappa shape index (κ2) is 6.06. The van der Waals surface area contributed by atoms with E-state index in [1.807, 2.05) is 0 Å². The molecule has 0 atom stereocenters. The normalized spacial score (nSPS) is 13.3. The van der Waals surface area contributed by atoms with Crippen LogP contribution in [-0.2, 0) is 12.4 Å². The second-order valence-corrected chi connectivity index (χ2v) is 4.83. The molecular weight excluding hydrogens is 321 g/mol. The van der Waals surface area contributed by atoms with Crippen LogP contribution in [-0.4, -0.2) is 5.71 Å². The molecule has 0 saturated carbocycles. The van der Waals surface area contributed by atoms with Crippen LogP contribution in [0.5, 0.6) is 0 Å². The summed E-state index contributed by atoms with van der Waals surface area (Å²) in [6, 6.07) is 9.68. The van der Waals surface area contributed by atoms with Crippen molar-refractivity contribution in [3.8, 4) is 0 Å². The molecule has 0 aromatic heterocycles. The molecule has 7 heteroatoms. The van der Waals surface area contributed by atoms with Gasteiger partial charge in [0, 0.05) is 5.71 Å². The van der Waals surface area contributed by atoms with Crippen molar-refractivity contribution >= 4 is 11.4 Å². The zero-order valence-electron chi connectivity index (χ0n) is 11.8. The van der Waals surface area contributed by atoms with Crippen molar-refractivity contribution in [2.45, 2.75) is 19.3 Å². The molecule has 0 aliphatic heterocycles. The standard InChI is InChI=1S/C16H11F6N/c1-10(23-14-5-3-2-4-6-14)11-7-12(15(17,18)19)9-13(8-11)16(20,21)22/h2-9H,1H3/i23+1. The van der Waals surface area contributed by atoms with Crippen LogP contribution >= 0.6 is 0 Å². The lowest BCUT2D eigenvalue weighted by Gasteiger charge is -2.14. The molecule has 0 heterocycles. The van der Waals surface area contributed by atoms with Crippen LogP contribution in [0, 0.1) is 0 Å². The summed E-state index contributed by atoms with van der Waals surface area (Å²) in [6.07, 6.45) is -9.74. The van der Waals surface area contributed by atoms with Gasteiger partial charge in [-0.2, -0.15) is 26.3 Å². The predicted octanol–water partition coefficient (Wildman–Crippen LogP) is 5.86. The lowest BCUT2D eigenvalue weighted by Crippen LogP contribution is -2.13. The molecule has 0 unspecified atom stereocenters. The van der Waals surface area contributed by atoms with E-state index in [0.29, 0.717) is 17.8 Å². The van der Waals surface area contributed by atoms with Crippen molar-refractivity contribution in [1.29, 1.82) is 0 Å². The van der Waals surface area contributed by atoms with E-state index in [1.54, 1.807) is 30.3 Å². The molecule has 0 aliphatic carbocycles. The summed E-state index contributed by atoms with van der Waals surface area (Å²) in [7, 11) is 0. The quantitative estimate of drug-likeness (QED) is 0.371. The molecule has 2 aromatic carbocycles. The van der Waals surface area contributed by atoms with Gasteiger partial charge in [-0.3, -0.25) is 4.99 Å². The number of benzene rings is 2. The molecule has 0 saturated heterocycles. The molecule has 1 nitrogen and oxygen atoms in total. The zero-order chi connectivity index (χ0) is 17.3. The highest BCUT2D eigenvalue weighted by atomic mass is 19.4. The van der Waals surface area contributed by atoms with Crippen molar-refractivity contribution in [3.63, 3.8) is 0 Å². The summed E-state index contributed by atoms with van der Waals surface area (Å²) < 4.78 is 76.9. The van der Waals surface area contributed by atoms with Crippen LogP contribution in [0.25, 0.3) is 0 Å². The molecule has 0 bridgehead atoms. The number of nitrogens with zero attached hydrogens (tertiary/aromatic N) is 1. The van der Waals surface area contributed by atoms with E-state index in [1.165, 1.54) is 6.92 Å². The van der Waals surface area contributed by atoms with Gasteiger partial charge in [0.25, 0.3) is 0 Å². The fourth-order valence-electron chi connectivity index (χ4n) is 1.92. The van der Waals surface area contributed by atoms with Gasteiger partial charge in [0.2, 0.25) is 0 Å². The molecule has 2 rings (SSSR count). The Balaban J connectivity index is 2.55. The molecule has 0 spiro atoms. The Labute approximate surface area is 128 Å². The highest BCUT2D eigenvalue weighted by Gasteiger charge is 2.37. The Kier molecular flexibility index (Phi) is 4.49. The summed E-state index contributed by atoms with van der Waals surface area (Å²) in [4.78, 5) is 4.06. The third kappa shape index (κ3) is 4.34. The fourth-order valence-corrected chi connectivity index (χ4v) is 1.92. The molecule has 23 heavy (non-hydrogen) atoms. The molecule has 0 amide bonds. The first-order valence-corrected chi connectivity index (χ1v) is 6.47. The summed E-state index contributed by atoms with van der Waals surface area (Å²) in [5.74, 6) is 0. The number of aliphatic imine (C=N–C) groups is 1. The summed E-state index contributed by atoms with van der Waals surface area (Å²) >= 11 is 0. The van der Waals surface area contributed by atoms with Gasteiger partial charge >= 0.3 is 12.4 Å². The molecule has 0 aliphatic rings. The SMILES string of the molecule is CC(=[15N]c1ccccc1)c1cc(C(F)(F)F)cc(C(F)(F)F)c1. The number of halogens is 6. The van der Waals surface area contributed by atoms with Gasteiger partial charge in [0.15, 0.2) is 0 Å². The topological polar surface area (TPSA) is 12.4 Å². The van der Waals surface area contributed by atoms with Crippen LogP contribution in [0.1, 0.15) is 23.6 Å². The molecule has 0 radical (unpaired) electrons. The van der Waals surface area contributed by atoms with E-state index in [0.717, 1.165) is 0 Å². The number of para-hydroxylation sites is 1. The maximum atomic E-state index is 12.8. The van der Waals surface area contributed by atoms with Gasteiger partial charge in [-0.25, -0.2) is 0 Å². The smallest absolute Gasteiger partial charge is 0.253 e. The first-order chi connectivity index (χ1) is 10.6. The fraction of sp³-hybridized carbons (Fsp3) is 0.188. The minimum Gasteiger partial charge on any atom is -0.253 e. The lowest BCUT2D eigenvalue weighted by atomic mass is 10.0. The molecular formula is C16H11F6N. The van der Waals surface area contributed by atoms with Crippen molar-refractivity contribution in [2.75, 3.05) is 0 Å². The predicted molar refractivity (Wildman–Crippen MR) is 74.8 cm³/mol. The Morgan fingerprint density at radius 3 is 1.70 bits per heavy atom. The summed E-state index contributed by atoms with van der Waals surface area (Å²) in [5, 5.41) is 0. The molecule has 122 valence electrons. The van der Waals surface area contributed by atoms with E-state index < -0.39 is 23.5 Å². The van der Waals surface area contributed by atoms with Gasteiger partial charge in [-0.15, -0.1) is 0 Å². The average molecular weight is 332 g/mol. The third-order valence-electron chi connectivity index (χ3n) is 3.06. The van der Waals surface area contributed by atoms with Gasteiger partial charge in [0.05, 0.1) is 16.8 Å². The first kappa shape index (κ1) is 17.1. The van der Waals surface area contributed by atoms with Crippen LogP contribution in [0.4, 0.5) is 32.0 Å². The van der Waals surface area contributed by atoms with Gasteiger partial charge < -0.3 is 0 Å². The summed E-state index contributed by atoms with van der Waals surface area (Å²) in [6.45, 7) is 1.36. The van der Waals surface area contributed by atoms with E-state index in [-0.39, 0.29) is 17.3 Å². The number of hydrogen-bond acceptors (Lipinski definition) is 1. The maximum Gasteiger partial charge on any atom is 0.416 e. The second-order valence-electron chi connectivity index (χ2n) is 4.83. The molecule has 0 fully saturated rings. The maximum absolute atomic E-state index is 12.8. The van der Waals surface area contributed by atoms with Gasteiger partial charge in [-0.05, 0) is 42.8 Å². The van der Waals surface area contributed by atoms with Crippen LogP contribution in [0.15, 0.2) is 53.5 Å². The lowest BCUT2D eigenvalue weighted by molar-refractivity contribution is -0.143. The van der Waals surface area contributed by atoms with Gasteiger partial charge in [0.1, 0.15) is 0 Å². The van der Waals surface area contributed by atoms with Crippen LogP contribution in [0.3, 0.4) is 0 Å². The van der Waals surface area contributed by atoms with E-state index in [4.69, 9.17) is 0 Å². The van der Waals surface area contributed by atoms with Crippen molar-refractivity contribution in [2.24, 2.45) is 4.99 Å². The number of alkyl halides is 6. The first-order valence-electron chi connectivity index (χ1n) is 6.47. The van der Waals surface area contributed by atoms with Crippen molar-refractivity contribution in [1.82, 2.24) is 0 Å². The minimum absolute atomic E-state index is 0.0628. The largest absolute Gasteiger partial charge is 0.416 e. The van der Waals surface area contributed by atoms with Crippen molar-refractivity contribution in [3.05, 3.63) is 65.2 Å². The van der Waals surface area contributed by atoms with Crippen LogP contribution in [0.2, 0.25) is 0 Å². The molecule has 0 N–H and O–H groups in total. The monoisotopic (exact) mass is 332 g/mol. The van der Waals surface area contributed by atoms with E-state index in [2.05, 4.69) is 4.99 Å². The Morgan fingerprint density at radius 1 is 0.783 bits per heavy atom. The number of rotatable bonds is 2. The Bertz CT molecular complexity index is 681. The Hall–Kier alpha value is -2.31. The van der Waals surface area contributed by atoms with Crippen molar-refractivity contribution < 1.29 is 26.3 Å². The van der Waals surface area contributed by atoms with Crippen LogP contribution < -0.4 is 0 Å². The zero-order valence-corrected chi connectivity index (χ0v) is 11.8. The average Bonchev–Trinajstić information content (AvgIpc) is 2.46. The summed E-state index contributed by atoms with van der Waals surface area (Å²) in [5.41, 5.74) is -2.44. The minimum atomic E-state index is -4.87. The van der Waals surface area contributed by atoms with E-state index in [9.17, 15) is 26.3 Å². The highest BCUT2D eigenvalue weighted by Crippen LogP contribution is 2.36. The Morgan fingerprint density at radius 2 is 1.26 bits per heavy atom. The molecule has 2 aromatic rings.